The van der Waals surface area contributed by atoms with Gasteiger partial charge in [-0.05, 0) is 25.0 Å². The number of aliphatic carboxylic acids is 1. The predicted molar refractivity (Wildman–Crippen MR) is 90.1 cm³/mol. The zero-order chi connectivity index (χ0) is 17.4. The third kappa shape index (κ3) is 2.77. The molecule has 0 radical (unpaired) electrons. The summed E-state index contributed by atoms with van der Waals surface area (Å²) in [6.45, 7) is 0.770. The maximum Gasteiger partial charge on any atom is 0.308 e. The molecule has 1 fully saturated rings. The number of amides is 1. The van der Waals surface area contributed by atoms with Crippen molar-refractivity contribution in [1.82, 2.24) is 15.1 Å². The molecule has 0 saturated carbocycles. The Hall–Kier alpha value is -3.09. The lowest BCUT2D eigenvalue weighted by Crippen LogP contribution is -2.42. The van der Waals surface area contributed by atoms with Crippen LogP contribution in [0.15, 0.2) is 40.9 Å². The van der Waals surface area contributed by atoms with E-state index in [1.165, 1.54) is 6.20 Å². The molecule has 1 aromatic carbocycles. The van der Waals surface area contributed by atoms with Crippen molar-refractivity contribution in [3.8, 4) is 11.5 Å². The quantitative estimate of drug-likeness (QED) is 0.764. The minimum absolute atomic E-state index is 0.221. The number of nitrogens with one attached hydrogen (secondary N) is 1. The van der Waals surface area contributed by atoms with Crippen LogP contribution in [-0.2, 0) is 4.79 Å². The third-order valence-electron chi connectivity index (χ3n) is 4.60. The second-order valence-corrected chi connectivity index (χ2v) is 6.24. The number of carbonyl (C=O) groups is 2. The van der Waals surface area contributed by atoms with Crippen LogP contribution in [0.3, 0.4) is 0 Å². The molecule has 1 amide bonds. The van der Waals surface area contributed by atoms with Gasteiger partial charge in [-0.15, -0.1) is 0 Å². The zero-order valence-electron chi connectivity index (χ0n) is 13.4. The van der Waals surface area contributed by atoms with Gasteiger partial charge in [-0.2, -0.15) is 5.10 Å². The summed E-state index contributed by atoms with van der Waals surface area (Å²) in [7, 11) is 0. The number of benzene rings is 1. The highest BCUT2D eigenvalue weighted by Crippen LogP contribution is 2.29. The lowest BCUT2D eigenvalue weighted by molar-refractivity contribution is -0.143. The SMILES string of the molecule is O=C(O)C1CCCN(C(=O)c2cn[nH]c2-c2cc3ccccc3o2)C1. The van der Waals surface area contributed by atoms with Crippen LogP contribution in [0, 0.1) is 5.92 Å². The van der Waals surface area contributed by atoms with Gasteiger partial charge in [-0.1, -0.05) is 18.2 Å². The number of carboxylic acids is 1. The van der Waals surface area contributed by atoms with Gasteiger partial charge < -0.3 is 14.4 Å². The monoisotopic (exact) mass is 339 g/mol. The molecule has 1 atom stereocenters. The van der Waals surface area contributed by atoms with E-state index in [2.05, 4.69) is 10.2 Å². The Morgan fingerprint density at radius 3 is 2.96 bits per heavy atom. The highest BCUT2D eigenvalue weighted by Gasteiger charge is 2.30. The standard InChI is InChI=1S/C18H17N3O4/c22-17(21-7-3-5-12(10-21)18(23)24)13-9-19-20-16(13)15-8-11-4-1-2-6-14(11)25-15/h1-2,4,6,8-9,12H,3,5,7,10H2,(H,19,20)(H,23,24). The summed E-state index contributed by atoms with van der Waals surface area (Å²) in [5.74, 6) is -1.06. The van der Waals surface area contributed by atoms with E-state index in [4.69, 9.17) is 4.42 Å². The molecule has 0 bridgehead atoms. The van der Waals surface area contributed by atoms with Crippen molar-refractivity contribution in [3.63, 3.8) is 0 Å². The van der Waals surface area contributed by atoms with Gasteiger partial charge in [0.25, 0.3) is 5.91 Å². The average molecular weight is 339 g/mol. The summed E-state index contributed by atoms with van der Waals surface area (Å²) in [4.78, 5) is 25.7. The summed E-state index contributed by atoms with van der Waals surface area (Å²) < 4.78 is 5.81. The molecule has 3 heterocycles. The molecule has 3 aromatic rings. The van der Waals surface area contributed by atoms with Crippen LogP contribution in [0.25, 0.3) is 22.4 Å². The molecule has 128 valence electrons. The number of fused-ring (bicyclic) bond motifs is 1. The van der Waals surface area contributed by atoms with Crippen molar-refractivity contribution in [2.45, 2.75) is 12.8 Å². The molecule has 25 heavy (non-hydrogen) atoms. The van der Waals surface area contributed by atoms with Gasteiger partial charge in [0.15, 0.2) is 5.76 Å². The lowest BCUT2D eigenvalue weighted by atomic mass is 9.97. The van der Waals surface area contributed by atoms with E-state index in [1.807, 2.05) is 30.3 Å². The molecule has 7 heteroatoms. The Kier molecular flexibility index (Phi) is 3.76. The van der Waals surface area contributed by atoms with Crippen LogP contribution in [0.1, 0.15) is 23.2 Å². The maximum absolute atomic E-state index is 12.9. The molecule has 1 saturated heterocycles. The summed E-state index contributed by atoms with van der Waals surface area (Å²) in [5.41, 5.74) is 1.64. The molecule has 1 aliphatic rings. The van der Waals surface area contributed by atoms with Crippen molar-refractivity contribution < 1.29 is 19.1 Å². The number of hydrogen-bond acceptors (Lipinski definition) is 4. The molecule has 7 nitrogen and oxygen atoms in total. The van der Waals surface area contributed by atoms with Crippen LogP contribution in [0.4, 0.5) is 0 Å². The molecule has 0 aliphatic carbocycles. The lowest BCUT2D eigenvalue weighted by Gasteiger charge is -2.30. The van der Waals surface area contributed by atoms with Gasteiger partial charge >= 0.3 is 5.97 Å². The largest absolute Gasteiger partial charge is 0.481 e. The maximum atomic E-state index is 12.9. The number of aromatic amines is 1. The Balaban J connectivity index is 1.64. The minimum atomic E-state index is -0.859. The van der Waals surface area contributed by atoms with Crippen molar-refractivity contribution in [2.75, 3.05) is 13.1 Å². The van der Waals surface area contributed by atoms with Crippen molar-refractivity contribution >= 4 is 22.8 Å². The fourth-order valence-corrected chi connectivity index (χ4v) is 3.27. The van der Waals surface area contributed by atoms with Crippen LogP contribution in [0.5, 0.6) is 0 Å². The number of hydrogen-bond donors (Lipinski definition) is 2. The molecule has 2 aromatic heterocycles. The van der Waals surface area contributed by atoms with E-state index in [1.54, 1.807) is 4.90 Å². The van der Waals surface area contributed by atoms with Crippen molar-refractivity contribution in [3.05, 3.63) is 42.1 Å². The smallest absolute Gasteiger partial charge is 0.308 e. The van der Waals surface area contributed by atoms with Gasteiger partial charge in [-0.25, -0.2) is 0 Å². The fourth-order valence-electron chi connectivity index (χ4n) is 3.27. The topological polar surface area (TPSA) is 99.4 Å². The summed E-state index contributed by atoms with van der Waals surface area (Å²) >= 11 is 0. The Bertz CT molecular complexity index is 910. The summed E-state index contributed by atoms with van der Waals surface area (Å²) in [6, 6.07) is 9.45. The minimum Gasteiger partial charge on any atom is -0.481 e. The van der Waals surface area contributed by atoms with Gasteiger partial charge in [-0.3, -0.25) is 14.7 Å². The summed E-state index contributed by atoms with van der Waals surface area (Å²) in [6.07, 6.45) is 2.75. The molecular weight excluding hydrogens is 322 g/mol. The number of H-pyrrole nitrogens is 1. The number of likely N-dealkylation sites (tertiary alicyclic amines) is 1. The van der Waals surface area contributed by atoms with Crippen LogP contribution in [-0.4, -0.2) is 45.2 Å². The second-order valence-electron chi connectivity index (χ2n) is 6.24. The second kappa shape index (κ2) is 6.08. The van der Waals surface area contributed by atoms with E-state index in [0.717, 1.165) is 11.0 Å². The van der Waals surface area contributed by atoms with Crippen molar-refractivity contribution in [1.29, 1.82) is 0 Å². The van der Waals surface area contributed by atoms with Gasteiger partial charge in [0.2, 0.25) is 0 Å². The fraction of sp³-hybridized carbons (Fsp3) is 0.278. The first-order valence-corrected chi connectivity index (χ1v) is 8.18. The number of aromatic nitrogens is 2. The van der Waals surface area contributed by atoms with Gasteiger partial charge in [0, 0.05) is 18.5 Å². The van der Waals surface area contributed by atoms with E-state index in [-0.39, 0.29) is 12.5 Å². The normalized spacial score (nSPS) is 17.8. The first-order valence-electron chi connectivity index (χ1n) is 8.18. The highest BCUT2D eigenvalue weighted by atomic mass is 16.4. The van der Waals surface area contributed by atoms with Crippen LogP contribution >= 0.6 is 0 Å². The number of piperidine rings is 1. The van der Waals surface area contributed by atoms with E-state index in [0.29, 0.717) is 36.4 Å². The highest BCUT2D eigenvalue weighted by molar-refractivity contribution is 6.00. The van der Waals surface area contributed by atoms with E-state index < -0.39 is 11.9 Å². The Morgan fingerprint density at radius 2 is 2.16 bits per heavy atom. The number of carboxylic acid groups (broad SMARTS) is 1. The molecule has 4 rings (SSSR count). The average Bonchev–Trinajstić information content (AvgIpc) is 3.27. The first kappa shape index (κ1) is 15.4. The Labute approximate surface area is 143 Å². The number of nitrogens with zero attached hydrogens (tertiary/aromatic N) is 2. The molecule has 1 aliphatic heterocycles. The van der Waals surface area contributed by atoms with Gasteiger partial charge in [0.05, 0.1) is 17.7 Å². The number of furan rings is 1. The first-order chi connectivity index (χ1) is 12.1. The van der Waals surface area contributed by atoms with E-state index >= 15 is 0 Å². The summed E-state index contributed by atoms with van der Waals surface area (Å²) in [5, 5.41) is 17.0. The number of para-hydroxylation sites is 1. The number of rotatable bonds is 3. The Morgan fingerprint density at radius 1 is 1.32 bits per heavy atom. The molecule has 0 spiro atoms. The number of carbonyl (C=O) groups excluding carboxylic acids is 1. The van der Waals surface area contributed by atoms with E-state index in [9.17, 15) is 14.7 Å². The van der Waals surface area contributed by atoms with Crippen molar-refractivity contribution in [2.24, 2.45) is 5.92 Å². The molecule has 2 N–H and O–H groups in total. The third-order valence-corrected chi connectivity index (χ3v) is 4.60. The zero-order valence-corrected chi connectivity index (χ0v) is 13.4. The molecule has 1 unspecified atom stereocenters. The predicted octanol–water partition coefficient (Wildman–Crippen LogP) is 2.76. The van der Waals surface area contributed by atoms with Crippen LogP contribution in [0.2, 0.25) is 0 Å². The van der Waals surface area contributed by atoms with Gasteiger partial charge in [0.1, 0.15) is 11.3 Å². The van der Waals surface area contributed by atoms with Crippen LogP contribution < -0.4 is 0 Å². The molecular formula is C18H17N3O4.